The van der Waals surface area contributed by atoms with Gasteiger partial charge in [-0.25, -0.2) is 5.84 Å². The third-order valence-corrected chi connectivity index (χ3v) is 2.72. The summed E-state index contributed by atoms with van der Waals surface area (Å²) in [4.78, 5) is 4.10. The highest BCUT2D eigenvalue weighted by Gasteiger charge is 2.03. The Morgan fingerprint density at radius 1 is 1.12 bits per heavy atom. The van der Waals surface area contributed by atoms with E-state index >= 15 is 0 Å². The topological polar surface area (TPSA) is 60.2 Å². The first-order valence-electron chi connectivity index (χ1n) is 4.75. The van der Waals surface area contributed by atoms with E-state index in [0.717, 1.165) is 0 Å². The monoisotopic (exact) mass is 269 g/mol. The maximum atomic E-state index is 5.87. The molecule has 0 atom stereocenters. The minimum Gasteiger partial charge on any atom is -0.439 e. The van der Waals surface area contributed by atoms with Gasteiger partial charge in [0, 0.05) is 12.1 Å². The Hall–Kier alpha value is -1.49. The average Bonchev–Trinajstić information content (AvgIpc) is 2.34. The number of halogens is 2. The van der Waals surface area contributed by atoms with Crippen molar-refractivity contribution < 1.29 is 4.74 Å². The van der Waals surface area contributed by atoms with Crippen LogP contribution in [0.15, 0.2) is 36.4 Å². The molecule has 2 aromatic rings. The molecule has 6 heteroatoms. The highest BCUT2D eigenvalue weighted by Crippen LogP contribution is 2.28. The zero-order valence-corrected chi connectivity index (χ0v) is 10.2. The summed E-state index contributed by atoms with van der Waals surface area (Å²) in [5.74, 6) is 6.74. The van der Waals surface area contributed by atoms with Crippen LogP contribution >= 0.6 is 23.2 Å². The summed E-state index contributed by atoms with van der Waals surface area (Å²) in [7, 11) is 0. The van der Waals surface area contributed by atoms with Crippen molar-refractivity contribution in [1.82, 2.24) is 4.98 Å². The van der Waals surface area contributed by atoms with Crippen LogP contribution in [-0.2, 0) is 0 Å². The number of ether oxygens (including phenoxy) is 1. The molecule has 0 aliphatic heterocycles. The number of nitrogen functional groups attached to an aromatic ring is 1. The predicted octanol–water partition coefficient (Wildman–Crippen LogP) is 3.47. The van der Waals surface area contributed by atoms with Crippen LogP contribution in [-0.4, -0.2) is 4.98 Å². The molecule has 1 heterocycles. The van der Waals surface area contributed by atoms with Crippen molar-refractivity contribution >= 4 is 29.0 Å². The number of nitrogens with one attached hydrogen (secondary N) is 1. The zero-order chi connectivity index (χ0) is 12.3. The second-order valence-electron chi connectivity index (χ2n) is 3.18. The number of nitrogens with two attached hydrogens (primary N) is 1. The molecule has 0 radical (unpaired) electrons. The second kappa shape index (κ2) is 5.23. The molecule has 0 spiro atoms. The fourth-order valence-electron chi connectivity index (χ4n) is 1.21. The first kappa shape index (κ1) is 12.0. The Morgan fingerprint density at radius 2 is 1.94 bits per heavy atom. The molecule has 2 rings (SSSR count). The van der Waals surface area contributed by atoms with Crippen molar-refractivity contribution in [1.29, 1.82) is 0 Å². The lowest BCUT2D eigenvalue weighted by atomic mass is 10.3. The molecule has 17 heavy (non-hydrogen) atoms. The SMILES string of the molecule is NNc1cccc(Oc2ccc(Cl)c(Cl)c2)n1. The fourth-order valence-corrected chi connectivity index (χ4v) is 1.50. The van der Waals surface area contributed by atoms with E-state index in [1.807, 2.05) is 0 Å². The molecular weight excluding hydrogens is 261 g/mol. The summed E-state index contributed by atoms with van der Waals surface area (Å²) in [5, 5.41) is 0.904. The zero-order valence-electron chi connectivity index (χ0n) is 8.65. The number of benzene rings is 1. The van der Waals surface area contributed by atoms with Gasteiger partial charge < -0.3 is 10.2 Å². The second-order valence-corrected chi connectivity index (χ2v) is 4.00. The Morgan fingerprint density at radius 3 is 2.65 bits per heavy atom. The fraction of sp³-hybridized carbons (Fsp3) is 0. The van der Waals surface area contributed by atoms with Crippen molar-refractivity contribution in [3.63, 3.8) is 0 Å². The van der Waals surface area contributed by atoms with Gasteiger partial charge in [-0.2, -0.15) is 4.98 Å². The molecule has 4 nitrogen and oxygen atoms in total. The molecule has 0 aliphatic rings. The third-order valence-electron chi connectivity index (χ3n) is 1.98. The largest absolute Gasteiger partial charge is 0.439 e. The Bertz CT molecular complexity index is 534. The van der Waals surface area contributed by atoms with Crippen LogP contribution in [0.5, 0.6) is 11.6 Å². The van der Waals surface area contributed by atoms with Gasteiger partial charge in [-0.05, 0) is 18.2 Å². The molecule has 0 saturated carbocycles. The van der Waals surface area contributed by atoms with Crippen molar-refractivity contribution in [3.05, 3.63) is 46.4 Å². The van der Waals surface area contributed by atoms with Crippen LogP contribution in [0.1, 0.15) is 0 Å². The van der Waals surface area contributed by atoms with E-state index in [4.69, 9.17) is 33.8 Å². The van der Waals surface area contributed by atoms with Gasteiger partial charge in [0.2, 0.25) is 5.88 Å². The molecule has 0 amide bonds. The van der Waals surface area contributed by atoms with Gasteiger partial charge in [0.05, 0.1) is 10.0 Å². The summed E-state index contributed by atoms with van der Waals surface area (Å²) in [6, 6.07) is 10.2. The van der Waals surface area contributed by atoms with Crippen LogP contribution in [0.25, 0.3) is 0 Å². The number of hydrogen-bond acceptors (Lipinski definition) is 4. The van der Waals surface area contributed by atoms with E-state index in [9.17, 15) is 0 Å². The van der Waals surface area contributed by atoms with Crippen LogP contribution in [0.4, 0.5) is 5.82 Å². The molecule has 0 bridgehead atoms. The van der Waals surface area contributed by atoms with Gasteiger partial charge in [-0.15, -0.1) is 0 Å². The summed E-state index contributed by atoms with van der Waals surface area (Å²) in [6.07, 6.45) is 0. The molecular formula is C11H9Cl2N3O. The number of nitrogens with zero attached hydrogens (tertiary/aromatic N) is 1. The van der Waals surface area contributed by atoms with Crippen molar-refractivity contribution in [3.8, 4) is 11.6 Å². The van der Waals surface area contributed by atoms with Crippen LogP contribution < -0.4 is 16.0 Å². The summed E-state index contributed by atoms with van der Waals surface area (Å²) < 4.78 is 5.51. The van der Waals surface area contributed by atoms with Crippen molar-refractivity contribution in [2.75, 3.05) is 5.43 Å². The summed E-state index contributed by atoms with van der Waals surface area (Å²) in [6.45, 7) is 0. The lowest BCUT2D eigenvalue weighted by Crippen LogP contribution is -2.08. The normalized spacial score (nSPS) is 10.1. The van der Waals surface area contributed by atoms with E-state index in [2.05, 4.69) is 10.4 Å². The van der Waals surface area contributed by atoms with Gasteiger partial charge >= 0.3 is 0 Å². The molecule has 1 aromatic carbocycles. The third kappa shape index (κ3) is 3.00. The molecule has 0 aliphatic carbocycles. The van der Waals surface area contributed by atoms with Crippen LogP contribution in [0.3, 0.4) is 0 Å². The number of hydrazine groups is 1. The number of pyridine rings is 1. The van der Waals surface area contributed by atoms with Gasteiger partial charge in [-0.3, -0.25) is 0 Å². The molecule has 3 N–H and O–H groups in total. The standard InChI is InChI=1S/C11H9Cl2N3O/c12-8-5-4-7(6-9(8)13)17-11-3-1-2-10(15-11)16-14/h1-6H,14H2,(H,15,16). The molecule has 88 valence electrons. The number of aromatic nitrogens is 1. The van der Waals surface area contributed by atoms with Crippen LogP contribution in [0.2, 0.25) is 10.0 Å². The van der Waals surface area contributed by atoms with Gasteiger partial charge in [0.25, 0.3) is 0 Å². The number of anilines is 1. The smallest absolute Gasteiger partial charge is 0.221 e. The Kier molecular flexibility index (Phi) is 3.68. The Balaban J connectivity index is 2.22. The maximum absolute atomic E-state index is 5.87. The molecule has 0 fully saturated rings. The quantitative estimate of drug-likeness (QED) is 0.662. The first-order valence-corrected chi connectivity index (χ1v) is 5.51. The van der Waals surface area contributed by atoms with E-state index < -0.39 is 0 Å². The van der Waals surface area contributed by atoms with Gasteiger partial charge in [0.15, 0.2) is 0 Å². The van der Waals surface area contributed by atoms with E-state index in [1.165, 1.54) is 0 Å². The molecule has 1 aromatic heterocycles. The lowest BCUT2D eigenvalue weighted by molar-refractivity contribution is 0.463. The summed E-state index contributed by atoms with van der Waals surface area (Å²) >= 11 is 11.7. The number of hydrogen-bond donors (Lipinski definition) is 2. The molecule has 0 unspecified atom stereocenters. The first-order chi connectivity index (χ1) is 8.19. The predicted molar refractivity (Wildman–Crippen MR) is 68.6 cm³/mol. The minimum absolute atomic E-state index is 0.416. The van der Waals surface area contributed by atoms with Gasteiger partial charge in [-0.1, -0.05) is 29.3 Å². The van der Waals surface area contributed by atoms with Crippen molar-refractivity contribution in [2.24, 2.45) is 5.84 Å². The molecule has 0 saturated heterocycles. The number of rotatable bonds is 3. The van der Waals surface area contributed by atoms with Crippen LogP contribution in [0, 0.1) is 0 Å². The minimum atomic E-state index is 0.416. The lowest BCUT2D eigenvalue weighted by Gasteiger charge is -2.06. The summed E-state index contributed by atoms with van der Waals surface area (Å²) in [5.41, 5.74) is 2.44. The van der Waals surface area contributed by atoms with E-state index in [0.29, 0.717) is 27.5 Å². The average molecular weight is 270 g/mol. The van der Waals surface area contributed by atoms with Gasteiger partial charge in [0.1, 0.15) is 11.6 Å². The Labute approximate surface area is 108 Å². The highest BCUT2D eigenvalue weighted by atomic mass is 35.5. The highest BCUT2D eigenvalue weighted by molar-refractivity contribution is 6.42. The van der Waals surface area contributed by atoms with E-state index in [-0.39, 0.29) is 0 Å². The van der Waals surface area contributed by atoms with Crippen molar-refractivity contribution in [2.45, 2.75) is 0 Å². The maximum Gasteiger partial charge on any atom is 0.221 e. The van der Waals surface area contributed by atoms with E-state index in [1.54, 1.807) is 36.4 Å².